The summed E-state index contributed by atoms with van der Waals surface area (Å²) in [6.45, 7) is 8.01. The predicted octanol–water partition coefficient (Wildman–Crippen LogP) is 3.07. The Morgan fingerprint density at radius 2 is 1.50 bits per heavy atom. The van der Waals surface area contributed by atoms with Gasteiger partial charge in [0, 0.05) is 19.6 Å². The molecule has 0 aromatic carbocycles. The molecular weight excluding hydrogens is 198 g/mol. The van der Waals surface area contributed by atoms with Crippen LogP contribution in [0.4, 0.5) is 0 Å². The predicted molar refractivity (Wildman–Crippen MR) is 67.6 cm³/mol. The van der Waals surface area contributed by atoms with Gasteiger partial charge >= 0.3 is 0 Å². The molecule has 0 aromatic rings. The number of rotatable bonds is 2. The van der Waals surface area contributed by atoms with Crippen LogP contribution < -0.4 is 0 Å². The molecule has 0 bridgehead atoms. The molecule has 2 rings (SSSR count). The molecule has 1 aliphatic carbocycles. The second kappa shape index (κ2) is 6.02. The van der Waals surface area contributed by atoms with E-state index in [0.717, 1.165) is 19.0 Å². The van der Waals surface area contributed by atoms with E-state index in [1.54, 1.807) is 0 Å². The van der Waals surface area contributed by atoms with Gasteiger partial charge in [0.15, 0.2) is 0 Å². The summed E-state index contributed by atoms with van der Waals surface area (Å²) in [6, 6.07) is 0. The molecular formula is C14H27NO. The molecule has 0 unspecified atom stereocenters. The van der Waals surface area contributed by atoms with E-state index in [1.807, 2.05) is 0 Å². The van der Waals surface area contributed by atoms with E-state index in [2.05, 4.69) is 18.7 Å². The first-order valence-electron chi connectivity index (χ1n) is 7.12. The van der Waals surface area contributed by atoms with Crippen LogP contribution in [-0.2, 0) is 4.74 Å². The zero-order valence-electron chi connectivity index (χ0n) is 11.0. The molecule has 0 aromatic heterocycles. The highest BCUT2D eigenvalue weighted by Crippen LogP contribution is 2.24. The summed E-state index contributed by atoms with van der Waals surface area (Å²) in [5.41, 5.74) is 0. The van der Waals surface area contributed by atoms with Gasteiger partial charge in [0.1, 0.15) is 0 Å². The van der Waals surface area contributed by atoms with Crippen molar-refractivity contribution in [3.63, 3.8) is 0 Å². The van der Waals surface area contributed by atoms with Crippen LogP contribution in [0.15, 0.2) is 0 Å². The van der Waals surface area contributed by atoms with E-state index in [-0.39, 0.29) is 0 Å². The molecule has 1 saturated carbocycles. The zero-order valence-corrected chi connectivity index (χ0v) is 11.0. The molecule has 1 aliphatic heterocycles. The van der Waals surface area contributed by atoms with E-state index < -0.39 is 0 Å². The summed E-state index contributed by atoms with van der Waals surface area (Å²) >= 11 is 0. The molecule has 1 saturated heterocycles. The zero-order chi connectivity index (χ0) is 11.4. The second-order valence-electron chi connectivity index (χ2n) is 5.83. The summed E-state index contributed by atoms with van der Waals surface area (Å²) in [5.74, 6) is 0.958. The fourth-order valence-electron chi connectivity index (χ4n) is 3.35. The molecule has 2 atom stereocenters. The Bertz CT molecular complexity index is 189. The number of ether oxygens (including phenoxy) is 1. The minimum absolute atomic E-state index is 0.425. The third-order valence-electron chi connectivity index (χ3n) is 3.99. The molecule has 0 spiro atoms. The Labute approximate surface area is 100 Å². The standard InChI is InChI=1S/C14H27NO/c1-12-9-15(10-13(2)16-12)11-14-7-5-3-4-6-8-14/h12-14H,3-11H2,1-2H3/t12-,13+. The van der Waals surface area contributed by atoms with Gasteiger partial charge in [-0.15, -0.1) is 0 Å². The summed E-state index contributed by atoms with van der Waals surface area (Å²) in [5, 5.41) is 0. The summed E-state index contributed by atoms with van der Waals surface area (Å²) < 4.78 is 5.79. The molecule has 94 valence electrons. The fourth-order valence-corrected chi connectivity index (χ4v) is 3.35. The van der Waals surface area contributed by atoms with Crippen molar-refractivity contribution in [2.24, 2.45) is 5.92 Å². The molecule has 16 heavy (non-hydrogen) atoms. The van der Waals surface area contributed by atoms with Crippen molar-refractivity contribution in [2.75, 3.05) is 19.6 Å². The lowest BCUT2D eigenvalue weighted by Gasteiger charge is -2.37. The van der Waals surface area contributed by atoms with Gasteiger partial charge in [-0.05, 0) is 32.6 Å². The molecule has 2 fully saturated rings. The normalized spacial score (nSPS) is 34.9. The minimum atomic E-state index is 0.425. The number of morpholine rings is 1. The highest BCUT2D eigenvalue weighted by Gasteiger charge is 2.24. The van der Waals surface area contributed by atoms with Crippen LogP contribution in [0.2, 0.25) is 0 Å². The number of hydrogen-bond acceptors (Lipinski definition) is 2. The van der Waals surface area contributed by atoms with Gasteiger partial charge in [0.25, 0.3) is 0 Å². The van der Waals surface area contributed by atoms with E-state index in [1.165, 1.54) is 45.1 Å². The number of hydrogen-bond donors (Lipinski definition) is 0. The van der Waals surface area contributed by atoms with Gasteiger partial charge < -0.3 is 4.74 Å². The highest BCUT2D eigenvalue weighted by molar-refractivity contribution is 4.76. The van der Waals surface area contributed by atoms with Crippen molar-refractivity contribution in [3.8, 4) is 0 Å². The van der Waals surface area contributed by atoms with Crippen molar-refractivity contribution in [3.05, 3.63) is 0 Å². The maximum atomic E-state index is 5.79. The van der Waals surface area contributed by atoms with Gasteiger partial charge in [-0.3, -0.25) is 4.90 Å². The Morgan fingerprint density at radius 1 is 0.938 bits per heavy atom. The lowest BCUT2D eigenvalue weighted by molar-refractivity contribution is -0.0718. The molecule has 0 N–H and O–H groups in total. The topological polar surface area (TPSA) is 12.5 Å². The summed E-state index contributed by atoms with van der Waals surface area (Å²) in [4.78, 5) is 2.63. The molecule has 2 nitrogen and oxygen atoms in total. The first-order chi connectivity index (χ1) is 7.74. The van der Waals surface area contributed by atoms with Crippen LogP contribution in [0.5, 0.6) is 0 Å². The molecule has 1 heterocycles. The van der Waals surface area contributed by atoms with Crippen LogP contribution in [0.3, 0.4) is 0 Å². The highest BCUT2D eigenvalue weighted by atomic mass is 16.5. The quantitative estimate of drug-likeness (QED) is 0.670. The molecule has 0 amide bonds. The lowest BCUT2D eigenvalue weighted by atomic mass is 9.99. The van der Waals surface area contributed by atoms with Crippen LogP contribution in [0.25, 0.3) is 0 Å². The Morgan fingerprint density at radius 3 is 2.06 bits per heavy atom. The second-order valence-corrected chi connectivity index (χ2v) is 5.83. The van der Waals surface area contributed by atoms with Gasteiger partial charge in [-0.25, -0.2) is 0 Å². The minimum Gasteiger partial charge on any atom is -0.373 e. The maximum Gasteiger partial charge on any atom is 0.0678 e. The number of nitrogens with zero attached hydrogens (tertiary/aromatic N) is 1. The van der Waals surface area contributed by atoms with Gasteiger partial charge in [0.2, 0.25) is 0 Å². The van der Waals surface area contributed by atoms with Crippen LogP contribution >= 0.6 is 0 Å². The van der Waals surface area contributed by atoms with E-state index in [9.17, 15) is 0 Å². The summed E-state index contributed by atoms with van der Waals surface area (Å²) in [7, 11) is 0. The van der Waals surface area contributed by atoms with Crippen LogP contribution in [-0.4, -0.2) is 36.7 Å². The van der Waals surface area contributed by atoms with Crippen molar-refractivity contribution < 1.29 is 4.74 Å². The third kappa shape index (κ3) is 3.74. The van der Waals surface area contributed by atoms with Crippen molar-refractivity contribution in [1.82, 2.24) is 4.90 Å². The monoisotopic (exact) mass is 225 g/mol. The lowest BCUT2D eigenvalue weighted by Crippen LogP contribution is -2.47. The Kier molecular flexibility index (Phi) is 4.66. The molecule has 0 radical (unpaired) electrons. The van der Waals surface area contributed by atoms with Crippen molar-refractivity contribution in [1.29, 1.82) is 0 Å². The Hall–Kier alpha value is -0.0800. The van der Waals surface area contributed by atoms with E-state index in [0.29, 0.717) is 12.2 Å². The van der Waals surface area contributed by atoms with Gasteiger partial charge in [0.05, 0.1) is 12.2 Å². The van der Waals surface area contributed by atoms with Crippen molar-refractivity contribution >= 4 is 0 Å². The van der Waals surface area contributed by atoms with Crippen molar-refractivity contribution in [2.45, 2.75) is 64.6 Å². The SMILES string of the molecule is C[C@@H]1CN(CC2CCCCCC2)C[C@H](C)O1. The van der Waals surface area contributed by atoms with E-state index in [4.69, 9.17) is 4.74 Å². The average molecular weight is 225 g/mol. The van der Waals surface area contributed by atoms with Crippen LogP contribution in [0.1, 0.15) is 52.4 Å². The molecule has 2 aliphatic rings. The van der Waals surface area contributed by atoms with Crippen LogP contribution in [0, 0.1) is 5.92 Å². The van der Waals surface area contributed by atoms with Gasteiger partial charge in [-0.2, -0.15) is 0 Å². The van der Waals surface area contributed by atoms with E-state index >= 15 is 0 Å². The maximum absolute atomic E-state index is 5.79. The average Bonchev–Trinajstić information content (AvgIpc) is 2.44. The largest absolute Gasteiger partial charge is 0.373 e. The van der Waals surface area contributed by atoms with Gasteiger partial charge in [-0.1, -0.05) is 25.7 Å². The molecule has 2 heteroatoms. The smallest absolute Gasteiger partial charge is 0.0678 e. The first kappa shape index (κ1) is 12.4. The third-order valence-corrected chi connectivity index (χ3v) is 3.99. The first-order valence-corrected chi connectivity index (χ1v) is 7.12. The summed E-state index contributed by atoms with van der Waals surface area (Å²) in [6.07, 6.45) is 9.61. The fraction of sp³-hybridized carbons (Fsp3) is 1.00. The Balaban J connectivity index is 1.78.